The van der Waals surface area contributed by atoms with Gasteiger partial charge in [0.1, 0.15) is 17.0 Å². The molecule has 0 radical (unpaired) electrons. The molecule has 31 heavy (non-hydrogen) atoms. The van der Waals surface area contributed by atoms with Gasteiger partial charge >= 0.3 is 6.09 Å². The van der Waals surface area contributed by atoms with Gasteiger partial charge in [-0.2, -0.15) is 0 Å². The monoisotopic (exact) mass is 439 g/mol. The zero-order valence-corrected chi connectivity index (χ0v) is 17.6. The molecule has 160 valence electrons. The average molecular weight is 440 g/mol. The van der Waals surface area contributed by atoms with Gasteiger partial charge in [0.15, 0.2) is 10.9 Å². The molecule has 0 atom stereocenters. The Hall–Kier alpha value is -3.07. The maximum atomic E-state index is 13.9. The topological polar surface area (TPSA) is 80.2 Å². The molecule has 2 fully saturated rings. The number of pyridine rings is 2. The van der Waals surface area contributed by atoms with E-state index < -0.39 is 5.60 Å². The van der Waals surface area contributed by atoms with Crippen LogP contribution < -0.4 is 10.2 Å². The van der Waals surface area contributed by atoms with Crippen LogP contribution in [0.25, 0.3) is 11.4 Å². The molecule has 1 N–H and O–H groups in total. The third-order valence-corrected chi connectivity index (χ3v) is 6.79. The number of nitrogens with zero attached hydrogens (tertiary/aromatic N) is 4. The molecule has 3 aromatic rings. The number of anilines is 2. The van der Waals surface area contributed by atoms with Crippen LogP contribution in [0, 0.1) is 11.7 Å². The second kappa shape index (κ2) is 8.22. The molecule has 1 amide bonds. The highest BCUT2D eigenvalue weighted by atomic mass is 32.1. The summed E-state index contributed by atoms with van der Waals surface area (Å²) in [6.07, 6.45) is 8.26. The molecule has 0 aromatic carbocycles. The average Bonchev–Trinajstić information content (AvgIpc) is 3.39. The van der Waals surface area contributed by atoms with Crippen LogP contribution in [0.4, 0.5) is 20.0 Å². The van der Waals surface area contributed by atoms with Crippen molar-refractivity contribution < 1.29 is 13.9 Å². The van der Waals surface area contributed by atoms with E-state index in [1.54, 1.807) is 29.6 Å². The van der Waals surface area contributed by atoms with Gasteiger partial charge in [-0.1, -0.05) is 0 Å². The van der Waals surface area contributed by atoms with E-state index in [0.717, 1.165) is 43.0 Å². The van der Waals surface area contributed by atoms with E-state index in [1.807, 2.05) is 17.5 Å². The predicted molar refractivity (Wildman–Crippen MR) is 117 cm³/mol. The van der Waals surface area contributed by atoms with Crippen LogP contribution >= 0.6 is 11.3 Å². The fourth-order valence-corrected chi connectivity index (χ4v) is 4.98. The number of amides is 1. The van der Waals surface area contributed by atoms with Gasteiger partial charge in [-0.3, -0.25) is 14.9 Å². The molecule has 5 rings (SSSR count). The third kappa shape index (κ3) is 4.10. The molecular formula is C22H22FN5O2S. The minimum Gasteiger partial charge on any atom is -0.441 e. The van der Waals surface area contributed by atoms with Gasteiger partial charge in [0.25, 0.3) is 0 Å². The molecule has 7 nitrogen and oxygen atoms in total. The summed E-state index contributed by atoms with van der Waals surface area (Å²) in [6.45, 7) is 1.36. The molecule has 4 heterocycles. The summed E-state index contributed by atoms with van der Waals surface area (Å²) in [5.41, 5.74) is 1.18. The Kier molecular flexibility index (Phi) is 5.27. The summed E-state index contributed by atoms with van der Waals surface area (Å²) in [6, 6.07) is 6.65. The van der Waals surface area contributed by atoms with Gasteiger partial charge in [0.05, 0.1) is 18.4 Å². The smallest absolute Gasteiger partial charge is 0.415 e. The summed E-state index contributed by atoms with van der Waals surface area (Å²) in [5.74, 6) is 0.0964. The molecule has 1 aliphatic heterocycles. The normalized spacial score (nSPS) is 23.2. The predicted octanol–water partition coefficient (Wildman–Crippen LogP) is 4.74. The Labute approximate surface area is 183 Å². The first-order valence-electron chi connectivity index (χ1n) is 10.3. The first-order chi connectivity index (χ1) is 15.1. The Morgan fingerprint density at radius 1 is 1.26 bits per heavy atom. The fourth-order valence-electron chi connectivity index (χ4n) is 4.27. The minimum atomic E-state index is -0.408. The summed E-state index contributed by atoms with van der Waals surface area (Å²) < 4.78 is 19.7. The Morgan fingerprint density at radius 2 is 2.10 bits per heavy atom. The van der Waals surface area contributed by atoms with Crippen molar-refractivity contribution in [2.24, 2.45) is 5.92 Å². The van der Waals surface area contributed by atoms with Crippen molar-refractivity contribution in [2.75, 3.05) is 23.3 Å². The standard InChI is InChI=1S/C22H22FN5O2S/c23-17-4-2-10-25-19(17)18-13-31-20(27-18)26-11-15-5-7-22(8-6-15)14-28(21(29)30-22)16-3-1-9-24-12-16/h1-4,9-10,12-13,15H,5-8,11,14H2,(H,26,27). The molecule has 1 saturated heterocycles. The van der Waals surface area contributed by atoms with Gasteiger partial charge < -0.3 is 10.1 Å². The molecular weight excluding hydrogens is 417 g/mol. The van der Waals surface area contributed by atoms with Gasteiger partial charge in [-0.25, -0.2) is 14.2 Å². The molecule has 2 aliphatic rings. The van der Waals surface area contributed by atoms with Crippen molar-refractivity contribution in [1.29, 1.82) is 0 Å². The van der Waals surface area contributed by atoms with Crippen molar-refractivity contribution in [3.8, 4) is 11.4 Å². The molecule has 3 aromatic heterocycles. The lowest BCUT2D eigenvalue weighted by molar-refractivity contribution is 0.0148. The van der Waals surface area contributed by atoms with E-state index in [9.17, 15) is 9.18 Å². The highest BCUT2D eigenvalue weighted by Crippen LogP contribution is 2.40. The number of hydrogen-bond donors (Lipinski definition) is 1. The van der Waals surface area contributed by atoms with Gasteiger partial charge in [0.2, 0.25) is 0 Å². The Morgan fingerprint density at radius 3 is 2.87 bits per heavy atom. The first kappa shape index (κ1) is 19.9. The van der Waals surface area contributed by atoms with E-state index in [0.29, 0.717) is 18.2 Å². The number of rotatable bonds is 5. The van der Waals surface area contributed by atoms with Crippen molar-refractivity contribution in [3.63, 3.8) is 0 Å². The maximum Gasteiger partial charge on any atom is 0.415 e. The van der Waals surface area contributed by atoms with Crippen molar-refractivity contribution in [2.45, 2.75) is 31.3 Å². The minimum absolute atomic E-state index is 0.271. The number of carbonyl (C=O) groups is 1. The van der Waals surface area contributed by atoms with Crippen LogP contribution in [0.1, 0.15) is 25.7 Å². The van der Waals surface area contributed by atoms with E-state index in [4.69, 9.17) is 4.74 Å². The van der Waals surface area contributed by atoms with Crippen LogP contribution in [0.2, 0.25) is 0 Å². The second-order valence-electron chi connectivity index (χ2n) is 8.04. The number of thiazole rings is 1. The third-order valence-electron chi connectivity index (χ3n) is 5.99. The lowest BCUT2D eigenvalue weighted by Gasteiger charge is -2.35. The zero-order chi connectivity index (χ0) is 21.3. The number of halogens is 1. The lowest BCUT2D eigenvalue weighted by Crippen LogP contribution is -2.39. The molecule has 1 saturated carbocycles. The lowest BCUT2D eigenvalue weighted by atomic mass is 9.78. The van der Waals surface area contributed by atoms with Crippen molar-refractivity contribution >= 4 is 28.2 Å². The van der Waals surface area contributed by atoms with Crippen LogP contribution in [0.15, 0.2) is 48.2 Å². The highest BCUT2D eigenvalue weighted by molar-refractivity contribution is 7.14. The van der Waals surface area contributed by atoms with Crippen LogP contribution in [-0.4, -0.2) is 39.7 Å². The Bertz CT molecular complexity index is 1070. The van der Waals surface area contributed by atoms with Gasteiger partial charge in [-0.15, -0.1) is 11.3 Å². The van der Waals surface area contributed by atoms with E-state index in [1.165, 1.54) is 17.4 Å². The van der Waals surface area contributed by atoms with E-state index in [2.05, 4.69) is 20.3 Å². The summed E-state index contributed by atoms with van der Waals surface area (Å²) in [7, 11) is 0. The number of hydrogen-bond acceptors (Lipinski definition) is 7. The molecule has 9 heteroatoms. The number of aromatic nitrogens is 3. The van der Waals surface area contributed by atoms with Crippen molar-refractivity contribution in [3.05, 3.63) is 54.1 Å². The SMILES string of the molecule is O=C1OC2(CCC(CNc3nc(-c4ncccc4F)cs3)CC2)CN1c1cccnc1. The molecule has 0 bridgehead atoms. The molecule has 1 aliphatic carbocycles. The first-order valence-corrected chi connectivity index (χ1v) is 11.2. The largest absolute Gasteiger partial charge is 0.441 e. The van der Waals surface area contributed by atoms with E-state index >= 15 is 0 Å². The molecule has 0 unspecified atom stereocenters. The second-order valence-corrected chi connectivity index (χ2v) is 8.90. The maximum absolute atomic E-state index is 13.9. The van der Waals surface area contributed by atoms with Gasteiger partial charge in [0, 0.05) is 24.3 Å². The van der Waals surface area contributed by atoms with Crippen LogP contribution in [-0.2, 0) is 4.74 Å². The van der Waals surface area contributed by atoms with E-state index in [-0.39, 0.29) is 17.6 Å². The number of ether oxygens (including phenoxy) is 1. The van der Waals surface area contributed by atoms with Gasteiger partial charge in [-0.05, 0) is 55.9 Å². The summed E-state index contributed by atoms with van der Waals surface area (Å²) in [4.78, 5) is 26.7. The van der Waals surface area contributed by atoms with Crippen molar-refractivity contribution in [1.82, 2.24) is 15.0 Å². The summed E-state index contributed by atoms with van der Waals surface area (Å²) >= 11 is 1.45. The fraction of sp³-hybridized carbons (Fsp3) is 0.364. The number of nitrogens with one attached hydrogen (secondary N) is 1. The van der Waals surface area contributed by atoms with Crippen LogP contribution in [0.5, 0.6) is 0 Å². The zero-order valence-electron chi connectivity index (χ0n) is 16.8. The molecule has 1 spiro atoms. The van der Waals surface area contributed by atoms with Crippen LogP contribution in [0.3, 0.4) is 0 Å². The quantitative estimate of drug-likeness (QED) is 0.619. The highest BCUT2D eigenvalue weighted by Gasteiger charge is 2.47. The number of carbonyl (C=O) groups excluding carboxylic acids is 1. The summed E-state index contributed by atoms with van der Waals surface area (Å²) in [5, 5.41) is 5.95. The Balaban J connectivity index is 1.15.